The summed E-state index contributed by atoms with van der Waals surface area (Å²) in [5.74, 6) is -0.802. The Labute approximate surface area is 92.5 Å². The van der Waals surface area contributed by atoms with Crippen LogP contribution in [-0.4, -0.2) is 23.7 Å². The Bertz CT molecular complexity index is 439. The van der Waals surface area contributed by atoms with Crippen LogP contribution >= 0.6 is 0 Å². The summed E-state index contributed by atoms with van der Waals surface area (Å²) in [5.41, 5.74) is 11.7. The molecule has 6 heteroatoms. The molecule has 0 bridgehead atoms. The zero-order valence-electron chi connectivity index (χ0n) is 8.47. The van der Waals surface area contributed by atoms with Gasteiger partial charge in [-0.15, -0.1) is 0 Å². The number of carbonyl (C=O) groups excluding carboxylic acids is 1. The van der Waals surface area contributed by atoms with Gasteiger partial charge in [0.1, 0.15) is 12.2 Å². The maximum absolute atomic E-state index is 10.6. The number of nitrogens with two attached hydrogens (primary N) is 2. The predicted molar refractivity (Wildman–Crippen MR) is 59.3 cm³/mol. The molecule has 0 radical (unpaired) electrons. The second-order valence-corrected chi connectivity index (χ2v) is 3.21. The topological polar surface area (TPSA) is 125 Å². The molecular weight excluding hydrogens is 208 g/mol. The molecule has 0 aliphatic rings. The fourth-order valence-corrected chi connectivity index (χ4v) is 1.08. The first-order chi connectivity index (χ1) is 7.54. The standard InChI is InChI=1S/C10H12N4O2/c11-4-6-3-7(1-2-8(6)12)14-5-9(15)10(13)16/h1-3,9,14-15H,5,12H2,(H2,13,16). The summed E-state index contributed by atoms with van der Waals surface area (Å²) in [6.45, 7) is -0.00980. The van der Waals surface area contributed by atoms with Crippen LogP contribution in [-0.2, 0) is 4.79 Å². The van der Waals surface area contributed by atoms with Crippen molar-refractivity contribution in [3.63, 3.8) is 0 Å². The number of nitriles is 1. The van der Waals surface area contributed by atoms with E-state index in [1.165, 1.54) is 6.07 Å². The maximum Gasteiger partial charge on any atom is 0.248 e. The summed E-state index contributed by atoms with van der Waals surface area (Å²) in [6.07, 6.45) is -1.26. The lowest BCUT2D eigenvalue weighted by Gasteiger charge is -2.10. The van der Waals surface area contributed by atoms with E-state index in [1.54, 1.807) is 12.1 Å². The Balaban J connectivity index is 2.69. The number of nitrogen functional groups attached to an aromatic ring is 1. The van der Waals surface area contributed by atoms with Gasteiger partial charge in [-0.2, -0.15) is 5.26 Å². The van der Waals surface area contributed by atoms with Crippen LogP contribution in [0.3, 0.4) is 0 Å². The third kappa shape index (κ3) is 2.87. The van der Waals surface area contributed by atoms with Crippen LogP contribution in [0.2, 0.25) is 0 Å². The highest BCUT2D eigenvalue weighted by Gasteiger charge is 2.10. The summed E-state index contributed by atoms with van der Waals surface area (Å²) in [7, 11) is 0. The van der Waals surface area contributed by atoms with Crippen LogP contribution in [0.1, 0.15) is 5.56 Å². The van der Waals surface area contributed by atoms with Crippen molar-refractivity contribution >= 4 is 17.3 Å². The zero-order valence-corrected chi connectivity index (χ0v) is 8.47. The van der Waals surface area contributed by atoms with Gasteiger partial charge in [-0.25, -0.2) is 0 Å². The van der Waals surface area contributed by atoms with Gasteiger partial charge in [-0.3, -0.25) is 4.79 Å². The van der Waals surface area contributed by atoms with E-state index in [1.807, 2.05) is 6.07 Å². The average Bonchev–Trinajstić information content (AvgIpc) is 2.27. The Kier molecular flexibility index (Phi) is 3.69. The SMILES string of the molecule is N#Cc1cc(NCC(O)C(N)=O)ccc1N. The fraction of sp³-hybridized carbons (Fsp3) is 0.200. The van der Waals surface area contributed by atoms with Gasteiger partial charge in [0.2, 0.25) is 5.91 Å². The van der Waals surface area contributed by atoms with E-state index in [-0.39, 0.29) is 6.54 Å². The van der Waals surface area contributed by atoms with Gasteiger partial charge in [0.05, 0.1) is 5.56 Å². The average molecular weight is 220 g/mol. The number of anilines is 2. The molecule has 1 aromatic rings. The summed E-state index contributed by atoms with van der Waals surface area (Å²) in [6, 6.07) is 6.67. The summed E-state index contributed by atoms with van der Waals surface area (Å²) >= 11 is 0. The first-order valence-electron chi connectivity index (χ1n) is 4.55. The number of hydrogen-bond acceptors (Lipinski definition) is 5. The Morgan fingerprint density at radius 1 is 1.62 bits per heavy atom. The van der Waals surface area contributed by atoms with Gasteiger partial charge in [-0.1, -0.05) is 0 Å². The molecule has 0 aliphatic heterocycles. The Morgan fingerprint density at radius 3 is 2.88 bits per heavy atom. The smallest absolute Gasteiger partial charge is 0.248 e. The van der Waals surface area contributed by atoms with Gasteiger partial charge in [0.25, 0.3) is 0 Å². The van der Waals surface area contributed by atoms with Crippen molar-refractivity contribution in [2.45, 2.75) is 6.10 Å². The van der Waals surface area contributed by atoms with Crippen LogP contribution in [0.15, 0.2) is 18.2 Å². The van der Waals surface area contributed by atoms with Crippen LogP contribution in [0.25, 0.3) is 0 Å². The van der Waals surface area contributed by atoms with Crippen molar-refractivity contribution in [3.8, 4) is 6.07 Å². The molecule has 0 aromatic heterocycles. The maximum atomic E-state index is 10.6. The number of nitrogens with one attached hydrogen (secondary N) is 1. The molecule has 0 saturated carbocycles. The number of nitrogens with zero attached hydrogens (tertiary/aromatic N) is 1. The quantitative estimate of drug-likeness (QED) is 0.504. The number of amides is 1. The molecule has 16 heavy (non-hydrogen) atoms. The molecule has 0 spiro atoms. The van der Waals surface area contributed by atoms with Gasteiger partial charge in [-0.05, 0) is 18.2 Å². The number of hydrogen-bond donors (Lipinski definition) is 4. The summed E-state index contributed by atoms with van der Waals surface area (Å²) in [5, 5.41) is 20.6. The lowest BCUT2D eigenvalue weighted by Crippen LogP contribution is -2.34. The highest BCUT2D eigenvalue weighted by atomic mass is 16.3. The second kappa shape index (κ2) is 5.00. The van der Waals surface area contributed by atoms with Crippen molar-refractivity contribution in [2.75, 3.05) is 17.6 Å². The van der Waals surface area contributed by atoms with Gasteiger partial charge >= 0.3 is 0 Å². The third-order valence-corrected chi connectivity index (χ3v) is 2.00. The number of carbonyl (C=O) groups is 1. The summed E-state index contributed by atoms with van der Waals surface area (Å²) < 4.78 is 0. The molecule has 1 rings (SSSR count). The monoisotopic (exact) mass is 220 g/mol. The lowest BCUT2D eigenvalue weighted by molar-refractivity contribution is -0.125. The van der Waals surface area contributed by atoms with Crippen LogP contribution in [0.4, 0.5) is 11.4 Å². The molecule has 6 N–H and O–H groups in total. The number of aliphatic hydroxyl groups is 1. The zero-order chi connectivity index (χ0) is 12.1. The largest absolute Gasteiger partial charge is 0.398 e. The third-order valence-electron chi connectivity index (χ3n) is 2.00. The normalized spacial score (nSPS) is 11.5. The van der Waals surface area contributed by atoms with E-state index < -0.39 is 12.0 Å². The van der Waals surface area contributed by atoms with Crippen molar-refractivity contribution < 1.29 is 9.90 Å². The first-order valence-corrected chi connectivity index (χ1v) is 4.55. The predicted octanol–water partition coefficient (Wildman–Crippen LogP) is -0.601. The lowest BCUT2D eigenvalue weighted by atomic mass is 10.1. The fourth-order valence-electron chi connectivity index (χ4n) is 1.08. The number of aliphatic hydroxyl groups excluding tert-OH is 1. The first kappa shape index (κ1) is 11.8. The molecule has 84 valence electrons. The van der Waals surface area contributed by atoms with E-state index in [9.17, 15) is 4.79 Å². The van der Waals surface area contributed by atoms with Crippen molar-refractivity contribution in [3.05, 3.63) is 23.8 Å². The van der Waals surface area contributed by atoms with Crippen molar-refractivity contribution in [2.24, 2.45) is 5.73 Å². The molecule has 1 unspecified atom stereocenters. The Morgan fingerprint density at radius 2 is 2.31 bits per heavy atom. The van der Waals surface area contributed by atoms with Gasteiger partial charge in [0, 0.05) is 17.9 Å². The Hall–Kier alpha value is -2.26. The molecule has 1 amide bonds. The molecular formula is C10H12N4O2. The van der Waals surface area contributed by atoms with Gasteiger partial charge < -0.3 is 21.9 Å². The molecule has 0 saturated heterocycles. The second-order valence-electron chi connectivity index (χ2n) is 3.21. The van der Waals surface area contributed by atoms with E-state index in [0.717, 1.165) is 0 Å². The molecule has 1 aromatic carbocycles. The highest BCUT2D eigenvalue weighted by molar-refractivity contribution is 5.79. The molecule has 1 atom stereocenters. The molecule has 6 nitrogen and oxygen atoms in total. The summed E-state index contributed by atoms with van der Waals surface area (Å²) in [4.78, 5) is 10.6. The minimum Gasteiger partial charge on any atom is -0.398 e. The van der Waals surface area contributed by atoms with Crippen LogP contribution < -0.4 is 16.8 Å². The highest BCUT2D eigenvalue weighted by Crippen LogP contribution is 2.16. The number of primary amides is 1. The molecule has 0 fully saturated rings. The number of rotatable bonds is 4. The van der Waals surface area contributed by atoms with E-state index in [4.69, 9.17) is 21.8 Å². The van der Waals surface area contributed by atoms with Gasteiger partial charge in [0.15, 0.2) is 0 Å². The van der Waals surface area contributed by atoms with E-state index in [2.05, 4.69) is 5.32 Å². The minimum atomic E-state index is -1.26. The van der Waals surface area contributed by atoms with Crippen molar-refractivity contribution in [1.29, 1.82) is 5.26 Å². The molecule has 0 aliphatic carbocycles. The van der Waals surface area contributed by atoms with Crippen LogP contribution in [0.5, 0.6) is 0 Å². The number of benzene rings is 1. The van der Waals surface area contributed by atoms with E-state index in [0.29, 0.717) is 16.9 Å². The van der Waals surface area contributed by atoms with E-state index >= 15 is 0 Å². The van der Waals surface area contributed by atoms with Crippen LogP contribution in [0, 0.1) is 11.3 Å². The minimum absolute atomic E-state index is 0.00980. The molecule has 0 heterocycles. The van der Waals surface area contributed by atoms with Crippen molar-refractivity contribution in [1.82, 2.24) is 0 Å².